The van der Waals surface area contributed by atoms with Gasteiger partial charge in [-0.15, -0.1) is 0 Å². The number of nitrogens with zero attached hydrogens (tertiary/aromatic N) is 2. The van der Waals surface area contributed by atoms with Gasteiger partial charge in [0, 0.05) is 39.8 Å². The predicted octanol–water partition coefficient (Wildman–Crippen LogP) is 0.348. The van der Waals surface area contributed by atoms with E-state index in [9.17, 15) is 13.2 Å². The average Bonchev–Trinajstić information content (AvgIpc) is 2.52. The average molecular weight is 392 g/mol. The minimum atomic E-state index is -3.09. The molecule has 0 saturated carbocycles. The van der Waals surface area contributed by atoms with E-state index >= 15 is 0 Å². The Morgan fingerprint density at radius 3 is 2.23 bits per heavy atom. The Hall–Kier alpha value is -1.55. The fourth-order valence-electron chi connectivity index (χ4n) is 2.57. The number of ether oxygens (including phenoxy) is 1. The lowest BCUT2D eigenvalue weighted by Crippen LogP contribution is -2.45. The number of hydrogen-bond donors (Lipinski definition) is 3. The summed E-state index contributed by atoms with van der Waals surface area (Å²) in [4.78, 5) is 15.7. The highest BCUT2D eigenvalue weighted by molar-refractivity contribution is 7.88. The summed E-state index contributed by atoms with van der Waals surface area (Å²) >= 11 is 0. The van der Waals surface area contributed by atoms with Gasteiger partial charge in [-0.25, -0.2) is 17.5 Å². The first kappa shape index (κ1) is 22.5. The number of hydrogen-bond acceptors (Lipinski definition) is 5. The van der Waals surface area contributed by atoms with Crippen molar-refractivity contribution in [3.05, 3.63) is 0 Å². The van der Waals surface area contributed by atoms with Crippen molar-refractivity contribution in [3.8, 4) is 0 Å². The number of nitrogens with one attached hydrogen (secondary N) is 3. The standard InChI is InChI=1S/C16H33N5O4S/c1-16(2,3)25-15(22)19-9-8-18-14(17-4)20-12-13-6-10-21(11-7-13)26(5,23)24/h13H,6-12H2,1-5H3,(H,19,22)(H2,17,18,20). The van der Waals surface area contributed by atoms with E-state index in [0.29, 0.717) is 38.1 Å². The molecule has 0 unspecified atom stereocenters. The van der Waals surface area contributed by atoms with Crippen LogP contribution in [0, 0.1) is 5.92 Å². The molecule has 0 radical (unpaired) electrons. The van der Waals surface area contributed by atoms with Crippen LogP contribution in [0.4, 0.5) is 4.79 Å². The Balaban J connectivity index is 2.21. The van der Waals surface area contributed by atoms with Gasteiger partial charge in [-0.1, -0.05) is 0 Å². The second-order valence-electron chi connectivity index (χ2n) is 7.41. The lowest BCUT2D eigenvalue weighted by molar-refractivity contribution is 0.0529. The van der Waals surface area contributed by atoms with Gasteiger partial charge in [-0.3, -0.25) is 4.99 Å². The summed E-state index contributed by atoms with van der Waals surface area (Å²) in [6, 6.07) is 0. The highest BCUT2D eigenvalue weighted by Gasteiger charge is 2.24. The number of sulfonamides is 1. The van der Waals surface area contributed by atoms with Crippen molar-refractivity contribution in [2.24, 2.45) is 10.9 Å². The zero-order valence-corrected chi connectivity index (χ0v) is 17.3. The molecule has 0 aromatic heterocycles. The summed E-state index contributed by atoms with van der Waals surface area (Å²) in [5.74, 6) is 1.06. The van der Waals surface area contributed by atoms with Crippen molar-refractivity contribution >= 4 is 22.1 Å². The first-order chi connectivity index (χ1) is 12.0. The molecule has 9 nitrogen and oxygen atoms in total. The molecule has 0 atom stereocenters. The lowest BCUT2D eigenvalue weighted by Gasteiger charge is -2.30. The van der Waals surface area contributed by atoms with Crippen LogP contribution in [0.25, 0.3) is 0 Å². The quantitative estimate of drug-likeness (QED) is 0.342. The van der Waals surface area contributed by atoms with Gasteiger partial charge >= 0.3 is 6.09 Å². The molecule has 26 heavy (non-hydrogen) atoms. The number of aliphatic imine (C=N–C) groups is 1. The molecule has 0 bridgehead atoms. The second-order valence-corrected chi connectivity index (χ2v) is 9.40. The molecule has 3 N–H and O–H groups in total. The van der Waals surface area contributed by atoms with Gasteiger partial charge in [0.2, 0.25) is 10.0 Å². The van der Waals surface area contributed by atoms with E-state index < -0.39 is 21.7 Å². The maximum atomic E-state index is 11.5. The minimum absolute atomic E-state index is 0.409. The van der Waals surface area contributed by atoms with E-state index in [1.165, 1.54) is 10.6 Å². The van der Waals surface area contributed by atoms with Gasteiger partial charge in [0.1, 0.15) is 5.60 Å². The highest BCUT2D eigenvalue weighted by atomic mass is 32.2. The lowest BCUT2D eigenvalue weighted by atomic mass is 9.98. The maximum Gasteiger partial charge on any atom is 0.407 e. The van der Waals surface area contributed by atoms with Crippen molar-refractivity contribution in [3.63, 3.8) is 0 Å². The number of alkyl carbamates (subject to hydrolysis) is 1. The van der Waals surface area contributed by atoms with Crippen molar-refractivity contribution in [1.29, 1.82) is 0 Å². The fraction of sp³-hybridized carbons (Fsp3) is 0.875. The van der Waals surface area contributed by atoms with E-state index in [1.807, 2.05) is 20.8 Å². The van der Waals surface area contributed by atoms with Crippen LogP contribution in [-0.4, -0.2) is 76.4 Å². The molecular weight excluding hydrogens is 358 g/mol. The molecule has 0 aliphatic carbocycles. The number of rotatable bonds is 6. The molecule has 0 aromatic rings. The number of carbonyl (C=O) groups is 1. The van der Waals surface area contributed by atoms with E-state index in [4.69, 9.17) is 4.74 Å². The van der Waals surface area contributed by atoms with E-state index in [-0.39, 0.29) is 0 Å². The molecule has 1 aliphatic heterocycles. The number of guanidine groups is 1. The maximum absolute atomic E-state index is 11.5. The molecule has 1 rings (SSSR count). The Morgan fingerprint density at radius 2 is 1.73 bits per heavy atom. The van der Waals surface area contributed by atoms with Crippen molar-refractivity contribution in [1.82, 2.24) is 20.3 Å². The normalized spacial score (nSPS) is 17.7. The molecule has 1 aliphatic rings. The fourth-order valence-corrected chi connectivity index (χ4v) is 3.44. The molecule has 1 saturated heterocycles. The van der Waals surface area contributed by atoms with Crippen LogP contribution < -0.4 is 16.0 Å². The Morgan fingerprint density at radius 1 is 1.15 bits per heavy atom. The monoisotopic (exact) mass is 391 g/mol. The van der Waals surface area contributed by atoms with Gasteiger partial charge in [0.05, 0.1) is 6.26 Å². The van der Waals surface area contributed by atoms with E-state index in [0.717, 1.165) is 19.4 Å². The van der Waals surface area contributed by atoms with Crippen molar-refractivity contribution in [2.75, 3.05) is 46.0 Å². The smallest absolute Gasteiger partial charge is 0.407 e. The Bertz CT molecular complexity index is 578. The summed E-state index contributed by atoms with van der Waals surface area (Å²) in [7, 11) is -1.40. The van der Waals surface area contributed by atoms with E-state index in [1.54, 1.807) is 7.05 Å². The second kappa shape index (κ2) is 9.96. The van der Waals surface area contributed by atoms with Crippen molar-refractivity contribution < 1.29 is 17.9 Å². The van der Waals surface area contributed by atoms with Crippen LogP contribution in [0.2, 0.25) is 0 Å². The zero-order valence-electron chi connectivity index (χ0n) is 16.5. The molecule has 1 heterocycles. The zero-order chi connectivity index (χ0) is 19.8. The van der Waals surface area contributed by atoms with Gasteiger partial charge < -0.3 is 20.7 Å². The highest BCUT2D eigenvalue weighted by Crippen LogP contribution is 2.18. The van der Waals surface area contributed by atoms with Crippen LogP contribution in [0.5, 0.6) is 0 Å². The number of carbonyl (C=O) groups excluding carboxylic acids is 1. The number of amides is 1. The summed E-state index contributed by atoms with van der Waals surface area (Å²) in [6.07, 6.45) is 2.47. The first-order valence-electron chi connectivity index (χ1n) is 8.88. The van der Waals surface area contributed by atoms with Gasteiger partial charge in [-0.2, -0.15) is 0 Å². The molecule has 1 amide bonds. The SMILES string of the molecule is CN=C(NCCNC(=O)OC(C)(C)C)NCC1CCN(S(C)(=O)=O)CC1. The largest absolute Gasteiger partial charge is 0.444 e. The molecule has 10 heteroatoms. The number of piperidine rings is 1. The topological polar surface area (TPSA) is 112 Å². The van der Waals surface area contributed by atoms with Gasteiger partial charge in [-0.05, 0) is 39.5 Å². The molecule has 0 spiro atoms. The summed E-state index contributed by atoms with van der Waals surface area (Å²) < 4.78 is 29.7. The van der Waals surface area contributed by atoms with Crippen LogP contribution in [-0.2, 0) is 14.8 Å². The van der Waals surface area contributed by atoms with Crippen LogP contribution in [0.15, 0.2) is 4.99 Å². The third-order valence-electron chi connectivity index (χ3n) is 3.91. The van der Waals surface area contributed by atoms with Gasteiger partial charge in [0.15, 0.2) is 5.96 Å². The predicted molar refractivity (Wildman–Crippen MR) is 103 cm³/mol. The summed E-state index contributed by atoms with van der Waals surface area (Å²) in [5.41, 5.74) is -0.512. The minimum Gasteiger partial charge on any atom is -0.444 e. The molecular formula is C16H33N5O4S. The molecule has 152 valence electrons. The van der Waals surface area contributed by atoms with E-state index in [2.05, 4.69) is 20.9 Å². The molecule has 0 aromatic carbocycles. The third-order valence-corrected chi connectivity index (χ3v) is 5.21. The summed E-state index contributed by atoms with van der Waals surface area (Å²) in [6.45, 7) is 8.25. The van der Waals surface area contributed by atoms with Crippen LogP contribution in [0.3, 0.4) is 0 Å². The first-order valence-corrected chi connectivity index (χ1v) is 10.7. The molecule has 1 fully saturated rings. The van der Waals surface area contributed by atoms with Crippen molar-refractivity contribution in [2.45, 2.75) is 39.2 Å². The third kappa shape index (κ3) is 9.23. The van der Waals surface area contributed by atoms with Crippen LogP contribution in [0.1, 0.15) is 33.6 Å². The Kier molecular flexibility index (Phi) is 8.61. The summed E-state index contributed by atoms with van der Waals surface area (Å²) in [5, 5.41) is 9.04. The van der Waals surface area contributed by atoms with Crippen LogP contribution >= 0.6 is 0 Å². The Labute approximate surface area is 157 Å². The van der Waals surface area contributed by atoms with Gasteiger partial charge in [0.25, 0.3) is 0 Å².